The molecule has 1 fully saturated rings. The van der Waals surface area contributed by atoms with E-state index in [9.17, 15) is 14.7 Å². The van der Waals surface area contributed by atoms with E-state index in [2.05, 4.69) is 5.32 Å². The quantitative estimate of drug-likeness (QED) is 0.851. The van der Waals surface area contributed by atoms with Gasteiger partial charge < -0.3 is 19.9 Å². The van der Waals surface area contributed by atoms with Crippen LogP contribution in [0.5, 0.6) is 11.5 Å². The van der Waals surface area contributed by atoms with E-state index < -0.39 is 17.4 Å². The molecule has 1 amide bonds. The highest BCUT2D eigenvalue weighted by Gasteiger charge is 2.48. The van der Waals surface area contributed by atoms with Crippen LogP contribution in [0.1, 0.15) is 25.3 Å². The van der Waals surface area contributed by atoms with Gasteiger partial charge in [0.1, 0.15) is 6.04 Å². The van der Waals surface area contributed by atoms with Gasteiger partial charge in [-0.15, -0.1) is 0 Å². The Morgan fingerprint density at radius 1 is 1.33 bits per heavy atom. The molecular weight excluding hydrogens is 274 g/mol. The molecule has 2 atom stereocenters. The summed E-state index contributed by atoms with van der Waals surface area (Å²) in [6, 6.07) is 4.44. The lowest BCUT2D eigenvalue weighted by Crippen LogP contribution is -2.44. The van der Waals surface area contributed by atoms with Crippen LogP contribution >= 0.6 is 0 Å². The van der Waals surface area contributed by atoms with Crippen molar-refractivity contribution in [3.05, 3.63) is 23.8 Å². The molecule has 0 aromatic heterocycles. The Morgan fingerprint density at radius 2 is 2.05 bits per heavy atom. The first-order valence-corrected chi connectivity index (χ1v) is 6.93. The van der Waals surface area contributed by atoms with Gasteiger partial charge in [0.15, 0.2) is 11.5 Å². The molecule has 2 N–H and O–H groups in total. The normalized spacial score (nSPS) is 27.9. The van der Waals surface area contributed by atoms with Gasteiger partial charge in [-0.1, -0.05) is 13.0 Å². The van der Waals surface area contributed by atoms with Gasteiger partial charge in [-0.2, -0.15) is 0 Å². The van der Waals surface area contributed by atoms with E-state index in [0.717, 1.165) is 12.0 Å². The maximum Gasteiger partial charge on any atom is 0.327 e. The monoisotopic (exact) mass is 291 g/mol. The van der Waals surface area contributed by atoms with Crippen molar-refractivity contribution in [2.75, 3.05) is 13.2 Å². The molecule has 21 heavy (non-hydrogen) atoms. The molecule has 0 bridgehead atoms. The second-order valence-corrected chi connectivity index (χ2v) is 5.64. The average Bonchev–Trinajstić information content (AvgIpc) is 2.63. The van der Waals surface area contributed by atoms with Crippen LogP contribution in [0.2, 0.25) is 0 Å². The summed E-state index contributed by atoms with van der Waals surface area (Å²) < 4.78 is 11.2. The van der Waals surface area contributed by atoms with E-state index in [-0.39, 0.29) is 12.3 Å². The van der Waals surface area contributed by atoms with Gasteiger partial charge in [0.25, 0.3) is 0 Å². The van der Waals surface area contributed by atoms with Crippen molar-refractivity contribution in [1.29, 1.82) is 0 Å². The van der Waals surface area contributed by atoms with Gasteiger partial charge in [0.2, 0.25) is 5.91 Å². The molecule has 6 nitrogen and oxygen atoms in total. The second kappa shape index (κ2) is 4.95. The lowest BCUT2D eigenvalue weighted by molar-refractivity contribution is -0.141. The Kier molecular flexibility index (Phi) is 3.23. The number of hydrogen-bond acceptors (Lipinski definition) is 4. The first-order valence-electron chi connectivity index (χ1n) is 6.93. The Bertz CT molecular complexity index is 600. The minimum absolute atomic E-state index is 0.142. The molecular formula is C15H17NO5. The summed E-state index contributed by atoms with van der Waals surface area (Å²) >= 11 is 0. The van der Waals surface area contributed by atoms with Gasteiger partial charge in [0, 0.05) is 18.3 Å². The number of carbonyl (C=O) groups excluding carboxylic acids is 1. The van der Waals surface area contributed by atoms with Crippen LogP contribution in [0.15, 0.2) is 18.2 Å². The van der Waals surface area contributed by atoms with Gasteiger partial charge in [-0.3, -0.25) is 4.79 Å². The van der Waals surface area contributed by atoms with Gasteiger partial charge in [-0.25, -0.2) is 4.79 Å². The number of rotatable bonds is 2. The van der Waals surface area contributed by atoms with Crippen molar-refractivity contribution < 1.29 is 24.2 Å². The summed E-state index contributed by atoms with van der Waals surface area (Å²) in [7, 11) is 0. The molecule has 1 aromatic carbocycles. The van der Waals surface area contributed by atoms with Crippen molar-refractivity contribution in [3.8, 4) is 11.5 Å². The largest absolute Gasteiger partial charge is 0.490 e. The number of benzene rings is 1. The van der Waals surface area contributed by atoms with E-state index in [1.54, 1.807) is 19.1 Å². The van der Waals surface area contributed by atoms with Gasteiger partial charge in [0.05, 0.1) is 13.2 Å². The van der Waals surface area contributed by atoms with Crippen LogP contribution in [-0.2, 0) is 15.0 Å². The lowest BCUT2D eigenvalue weighted by Gasteiger charge is -2.28. The van der Waals surface area contributed by atoms with Crippen molar-refractivity contribution in [3.63, 3.8) is 0 Å². The second-order valence-electron chi connectivity index (χ2n) is 5.64. The summed E-state index contributed by atoms with van der Waals surface area (Å²) in [5.74, 6) is -0.0220. The molecule has 6 heteroatoms. The van der Waals surface area contributed by atoms with Crippen molar-refractivity contribution in [2.45, 2.75) is 31.2 Å². The molecule has 3 rings (SSSR count). The molecule has 2 aliphatic heterocycles. The topological polar surface area (TPSA) is 84.9 Å². The number of carboxylic acid groups (broad SMARTS) is 1. The van der Waals surface area contributed by atoms with Crippen molar-refractivity contribution in [1.82, 2.24) is 5.32 Å². The summed E-state index contributed by atoms with van der Waals surface area (Å²) in [6.45, 7) is 2.94. The van der Waals surface area contributed by atoms with Crippen molar-refractivity contribution >= 4 is 11.9 Å². The Balaban J connectivity index is 2.01. The predicted octanol–water partition coefficient (Wildman–Crippen LogP) is 1.08. The smallest absolute Gasteiger partial charge is 0.327 e. The maximum atomic E-state index is 11.7. The highest BCUT2D eigenvalue weighted by Crippen LogP contribution is 2.40. The van der Waals surface area contributed by atoms with E-state index in [0.29, 0.717) is 24.7 Å². The van der Waals surface area contributed by atoms with Crippen LogP contribution in [-0.4, -0.2) is 36.2 Å². The molecule has 2 unspecified atom stereocenters. The summed E-state index contributed by atoms with van der Waals surface area (Å²) in [6.07, 6.45) is 0.947. The fourth-order valence-corrected chi connectivity index (χ4v) is 2.93. The van der Waals surface area contributed by atoms with E-state index >= 15 is 0 Å². The minimum Gasteiger partial charge on any atom is -0.490 e. The summed E-state index contributed by atoms with van der Waals surface area (Å²) in [4.78, 5) is 23.1. The predicted molar refractivity (Wildman–Crippen MR) is 73.6 cm³/mol. The molecule has 2 aliphatic rings. The molecule has 0 spiro atoms. The van der Waals surface area contributed by atoms with E-state index in [4.69, 9.17) is 9.47 Å². The Hall–Kier alpha value is -2.24. The molecule has 1 saturated heterocycles. The third kappa shape index (κ3) is 2.30. The Labute approximate surface area is 122 Å². The molecule has 0 aliphatic carbocycles. The number of ether oxygens (including phenoxy) is 2. The first-order chi connectivity index (χ1) is 10.0. The third-order valence-corrected chi connectivity index (χ3v) is 4.12. The number of aliphatic carboxylic acids is 1. The van der Waals surface area contributed by atoms with Crippen LogP contribution in [0.25, 0.3) is 0 Å². The number of carbonyl (C=O) groups is 2. The standard InChI is InChI=1S/C15H17NO5/c1-15(8-12(17)16-13(15)14(18)19)9-3-4-10-11(7-9)21-6-2-5-20-10/h3-4,7,13H,2,5-6,8H2,1H3,(H,16,17)(H,18,19). The molecule has 1 aromatic rings. The van der Waals surface area contributed by atoms with Crippen LogP contribution in [0.3, 0.4) is 0 Å². The summed E-state index contributed by atoms with van der Waals surface area (Å²) in [5.41, 5.74) is -0.0364. The van der Waals surface area contributed by atoms with E-state index in [1.165, 1.54) is 0 Å². The first kappa shape index (κ1) is 13.7. The zero-order valence-electron chi connectivity index (χ0n) is 11.7. The fourth-order valence-electron chi connectivity index (χ4n) is 2.93. The average molecular weight is 291 g/mol. The zero-order valence-corrected chi connectivity index (χ0v) is 11.7. The highest BCUT2D eigenvalue weighted by molar-refractivity contribution is 5.90. The molecule has 112 valence electrons. The van der Waals surface area contributed by atoms with Gasteiger partial charge >= 0.3 is 5.97 Å². The zero-order chi connectivity index (χ0) is 15.0. The fraction of sp³-hybridized carbons (Fsp3) is 0.467. The van der Waals surface area contributed by atoms with Gasteiger partial charge in [-0.05, 0) is 17.7 Å². The Morgan fingerprint density at radius 3 is 2.76 bits per heavy atom. The number of amides is 1. The number of carboxylic acids is 1. The highest BCUT2D eigenvalue weighted by atomic mass is 16.5. The van der Waals surface area contributed by atoms with Crippen LogP contribution in [0.4, 0.5) is 0 Å². The number of fused-ring (bicyclic) bond motifs is 1. The molecule has 0 radical (unpaired) electrons. The maximum absolute atomic E-state index is 11.7. The third-order valence-electron chi connectivity index (χ3n) is 4.12. The number of nitrogens with one attached hydrogen (secondary N) is 1. The van der Waals surface area contributed by atoms with E-state index in [1.807, 2.05) is 6.07 Å². The number of hydrogen-bond donors (Lipinski definition) is 2. The minimum atomic E-state index is -1.03. The SMILES string of the molecule is CC1(c2ccc3c(c2)OCCCO3)CC(=O)NC1C(=O)O. The molecule has 2 heterocycles. The van der Waals surface area contributed by atoms with Crippen molar-refractivity contribution in [2.24, 2.45) is 0 Å². The summed E-state index contributed by atoms with van der Waals surface area (Å²) in [5, 5.41) is 11.9. The van der Waals surface area contributed by atoms with Crippen LogP contribution < -0.4 is 14.8 Å². The molecule has 0 saturated carbocycles. The lowest BCUT2D eigenvalue weighted by atomic mass is 9.76. The van der Waals surface area contributed by atoms with Crippen LogP contribution in [0, 0.1) is 0 Å².